The normalized spacial score (nSPS) is 23.2. The van der Waals surface area contributed by atoms with Gasteiger partial charge in [-0.3, -0.25) is 0 Å². The van der Waals surface area contributed by atoms with E-state index in [-0.39, 0.29) is 48.4 Å². The average molecular weight is 697 g/mol. The van der Waals surface area contributed by atoms with Gasteiger partial charge in [-0.15, -0.1) is 0 Å². The molecule has 3 fully saturated rings. The Balaban J connectivity index is 1.12. The number of nitrogens with zero attached hydrogens (tertiary/aromatic N) is 2. The van der Waals surface area contributed by atoms with Gasteiger partial charge in [0.15, 0.2) is 11.9 Å². The van der Waals surface area contributed by atoms with Gasteiger partial charge in [-0.1, -0.05) is 26.0 Å². The van der Waals surface area contributed by atoms with Gasteiger partial charge in [-0.2, -0.15) is 9.29 Å². The molecule has 1 amide bonds. The number of methoxy groups -OCH3 is 1. The van der Waals surface area contributed by atoms with Crippen molar-refractivity contribution in [3.8, 4) is 5.75 Å². The number of oxazole rings is 1. The van der Waals surface area contributed by atoms with Crippen LogP contribution >= 0.6 is 0 Å². The van der Waals surface area contributed by atoms with Gasteiger partial charge in [0, 0.05) is 42.6 Å². The number of carbonyl (C=O) groups is 1. The summed E-state index contributed by atoms with van der Waals surface area (Å²) in [6.45, 7) is 4.45. The molecule has 4 heterocycles. The van der Waals surface area contributed by atoms with Crippen molar-refractivity contribution in [1.82, 2.24) is 14.6 Å². The highest BCUT2D eigenvalue weighted by Gasteiger charge is 2.46. The SMILES string of the molecule is COc1ccc(C[C@H](NC(=O)OC2=C3COC4OCC2CCC34)[C@H](O)CN(CC(C)C)S(=O)(=O)c2ccc3nc(NC4CC4)oc3c2)cc1. The van der Waals surface area contributed by atoms with Gasteiger partial charge in [0.25, 0.3) is 6.01 Å². The zero-order valence-electron chi connectivity index (χ0n) is 28.0. The lowest BCUT2D eigenvalue weighted by Crippen LogP contribution is -2.51. The van der Waals surface area contributed by atoms with Gasteiger partial charge in [0.05, 0.1) is 37.4 Å². The summed E-state index contributed by atoms with van der Waals surface area (Å²) in [5.41, 5.74) is 2.66. The number of hydrogen-bond donors (Lipinski definition) is 3. The van der Waals surface area contributed by atoms with Crippen molar-refractivity contribution in [2.75, 3.05) is 38.7 Å². The van der Waals surface area contributed by atoms with E-state index in [9.17, 15) is 18.3 Å². The number of nitrogens with one attached hydrogen (secondary N) is 2. The maximum atomic E-state index is 14.1. The Labute approximate surface area is 286 Å². The second-order valence-corrected chi connectivity index (χ2v) is 15.8. The summed E-state index contributed by atoms with van der Waals surface area (Å²) in [7, 11) is -2.52. The summed E-state index contributed by atoms with van der Waals surface area (Å²) in [6, 6.07) is 11.7. The van der Waals surface area contributed by atoms with Crippen molar-refractivity contribution >= 4 is 33.2 Å². The smallest absolute Gasteiger partial charge is 0.412 e. The molecular formula is C35H44N4O9S. The number of alkyl carbamates (subject to hydrolysis) is 1. The maximum Gasteiger partial charge on any atom is 0.412 e. The summed E-state index contributed by atoms with van der Waals surface area (Å²) in [6.07, 6.45) is 1.71. The Morgan fingerprint density at radius 2 is 1.88 bits per heavy atom. The molecule has 2 saturated heterocycles. The number of fused-ring (bicyclic) bond motifs is 3. The van der Waals surface area contributed by atoms with Crippen molar-refractivity contribution in [1.29, 1.82) is 0 Å². The zero-order valence-corrected chi connectivity index (χ0v) is 28.8. The molecule has 0 radical (unpaired) electrons. The van der Waals surface area contributed by atoms with E-state index < -0.39 is 28.3 Å². The standard InChI is InChI=1S/C35H44N4O9S/c1-20(2)16-39(49(42,43)25-11-13-28-31(15-25)47-34(37-28)36-23-7-8-23)17-30(40)29(14-21-4-9-24(44-3)10-5-21)38-35(41)48-32-22-6-12-26-27(32)19-46-33(26)45-18-22/h4-5,9-11,13,15,20,22-23,26,29-30,33,40H,6-8,12,14,16-19H2,1-3H3,(H,36,37)(H,38,41)/t22?,26?,29-,30+,33?/m0/s1. The maximum absolute atomic E-state index is 14.1. The molecule has 13 nitrogen and oxygen atoms in total. The third-order valence-electron chi connectivity index (χ3n) is 9.60. The highest BCUT2D eigenvalue weighted by molar-refractivity contribution is 7.89. The predicted molar refractivity (Wildman–Crippen MR) is 179 cm³/mol. The topological polar surface area (TPSA) is 162 Å². The number of sulfonamides is 1. The number of aliphatic hydroxyl groups excluding tert-OH is 1. The van der Waals surface area contributed by atoms with Crippen molar-refractivity contribution < 1.29 is 41.7 Å². The Morgan fingerprint density at radius 3 is 2.61 bits per heavy atom. The fourth-order valence-electron chi connectivity index (χ4n) is 6.85. The van der Waals surface area contributed by atoms with Gasteiger partial charge in [-0.05, 0) is 67.9 Å². The van der Waals surface area contributed by atoms with E-state index in [0.29, 0.717) is 47.9 Å². The van der Waals surface area contributed by atoms with Crippen molar-refractivity contribution in [2.24, 2.45) is 17.8 Å². The average Bonchev–Trinajstić information content (AvgIpc) is 3.73. The Bertz CT molecular complexity index is 1800. The largest absolute Gasteiger partial charge is 0.497 e. The minimum Gasteiger partial charge on any atom is -0.497 e. The van der Waals surface area contributed by atoms with Crippen LogP contribution in [0.2, 0.25) is 0 Å². The van der Waals surface area contributed by atoms with E-state index in [1.54, 1.807) is 25.3 Å². The number of aromatic nitrogens is 1. The number of rotatable bonds is 14. The molecule has 1 aromatic heterocycles. The Hall–Kier alpha value is -3.69. The molecule has 5 atom stereocenters. The first-order valence-corrected chi connectivity index (χ1v) is 18.4. The molecule has 1 saturated carbocycles. The van der Waals surface area contributed by atoms with Crippen LogP contribution in [0.1, 0.15) is 45.1 Å². The number of amides is 1. The molecule has 4 bridgehead atoms. The first-order valence-electron chi connectivity index (χ1n) is 17.0. The fraction of sp³-hybridized carbons (Fsp3) is 0.543. The first-order chi connectivity index (χ1) is 23.6. The molecule has 8 rings (SSSR count). The van der Waals surface area contributed by atoms with E-state index in [0.717, 1.165) is 36.8 Å². The fourth-order valence-corrected chi connectivity index (χ4v) is 8.49. The van der Waals surface area contributed by atoms with E-state index in [1.165, 1.54) is 16.4 Å². The molecule has 3 unspecified atom stereocenters. The lowest BCUT2D eigenvalue weighted by atomic mass is 9.83. The number of carbonyl (C=O) groups excluding carboxylic acids is 1. The van der Waals surface area contributed by atoms with Crippen LogP contribution in [0.15, 0.2) is 63.1 Å². The lowest BCUT2D eigenvalue weighted by Gasteiger charge is -2.31. The van der Waals surface area contributed by atoms with Gasteiger partial charge >= 0.3 is 6.09 Å². The van der Waals surface area contributed by atoms with Crippen molar-refractivity contribution in [3.63, 3.8) is 0 Å². The molecule has 14 heteroatoms. The lowest BCUT2D eigenvalue weighted by molar-refractivity contribution is -0.129. The monoisotopic (exact) mass is 696 g/mol. The summed E-state index contributed by atoms with van der Waals surface area (Å²) >= 11 is 0. The number of anilines is 1. The number of aliphatic hydroxyl groups is 1. The van der Waals surface area contributed by atoms with E-state index >= 15 is 0 Å². The van der Waals surface area contributed by atoms with Gasteiger partial charge in [0.2, 0.25) is 10.0 Å². The van der Waals surface area contributed by atoms with E-state index in [2.05, 4.69) is 15.6 Å². The molecule has 49 heavy (non-hydrogen) atoms. The molecule has 3 N–H and O–H groups in total. The molecule has 264 valence electrons. The molecule has 2 aromatic carbocycles. The van der Waals surface area contributed by atoms with Crippen LogP contribution in [-0.2, 0) is 30.7 Å². The van der Waals surface area contributed by atoms with Crippen molar-refractivity contribution in [2.45, 2.75) is 75.3 Å². The van der Waals surface area contributed by atoms with Crippen LogP contribution in [0.4, 0.5) is 10.8 Å². The highest BCUT2D eigenvalue weighted by atomic mass is 32.2. The third-order valence-corrected chi connectivity index (χ3v) is 11.4. The molecule has 3 aromatic rings. The molecule has 3 aliphatic heterocycles. The molecule has 5 aliphatic rings. The molecule has 0 spiro atoms. The predicted octanol–water partition coefficient (Wildman–Crippen LogP) is 4.42. The number of ether oxygens (including phenoxy) is 4. The second-order valence-electron chi connectivity index (χ2n) is 13.8. The van der Waals surface area contributed by atoms with Crippen LogP contribution < -0.4 is 15.4 Å². The summed E-state index contributed by atoms with van der Waals surface area (Å²) < 4.78 is 58.3. The summed E-state index contributed by atoms with van der Waals surface area (Å²) in [5.74, 6) is 1.20. The van der Waals surface area contributed by atoms with Crippen LogP contribution in [-0.4, -0.2) is 86.8 Å². The summed E-state index contributed by atoms with van der Waals surface area (Å²) in [5, 5.41) is 17.8. The highest BCUT2D eigenvalue weighted by Crippen LogP contribution is 2.45. The van der Waals surface area contributed by atoms with E-state index in [4.69, 9.17) is 23.4 Å². The minimum absolute atomic E-state index is 0.0252. The second kappa shape index (κ2) is 13.9. The van der Waals surface area contributed by atoms with E-state index in [1.807, 2.05) is 26.0 Å². The van der Waals surface area contributed by atoms with Gasteiger partial charge in [-0.25, -0.2) is 13.2 Å². The quantitative estimate of drug-likeness (QED) is 0.219. The summed E-state index contributed by atoms with van der Waals surface area (Å²) in [4.78, 5) is 18.0. The van der Waals surface area contributed by atoms with Crippen LogP contribution in [0, 0.1) is 17.8 Å². The molecular weight excluding hydrogens is 652 g/mol. The van der Waals surface area contributed by atoms with Gasteiger partial charge < -0.3 is 39.1 Å². The van der Waals surface area contributed by atoms with Crippen molar-refractivity contribution in [3.05, 3.63) is 59.4 Å². The van der Waals surface area contributed by atoms with Gasteiger partial charge in [0.1, 0.15) is 17.0 Å². The van der Waals surface area contributed by atoms with Crippen LogP contribution in [0.3, 0.4) is 0 Å². The third kappa shape index (κ3) is 7.43. The number of hydrogen-bond acceptors (Lipinski definition) is 11. The minimum atomic E-state index is -4.10. The Kier molecular flexibility index (Phi) is 9.59. The first kappa shape index (κ1) is 33.8. The van der Waals surface area contributed by atoms with Crippen LogP contribution in [0.5, 0.6) is 5.75 Å². The Morgan fingerprint density at radius 1 is 1.08 bits per heavy atom. The zero-order chi connectivity index (χ0) is 34.3. The molecule has 2 aliphatic carbocycles. The van der Waals surface area contributed by atoms with Crippen LogP contribution in [0.25, 0.3) is 11.1 Å². The number of benzene rings is 2.